The van der Waals surface area contributed by atoms with Gasteiger partial charge in [-0.2, -0.15) is 10.2 Å². The van der Waals surface area contributed by atoms with E-state index in [4.69, 9.17) is 9.47 Å². The van der Waals surface area contributed by atoms with Crippen LogP contribution in [0.15, 0.2) is 75.8 Å². The molecule has 166 valence electrons. The molecule has 0 bridgehead atoms. The van der Waals surface area contributed by atoms with Crippen LogP contribution in [0.1, 0.15) is 27.2 Å². The molecule has 0 spiro atoms. The maximum atomic E-state index is 12.4. The molecule has 0 fully saturated rings. The minimum absolute atomic E-state index is 0.114. The van der Waals surface area contributed by atoms with Gasteiger partial charge in [-0.15, -0.1) is 0 Å². The van der Waals surface area contributed by atoms with Gasteiger partial charge in [-0.3, -0.25) is 0 Å². The normalized spacial score (nSPS) is 12.5. The first kappa shape index (κ1) is 24.3. The van der Waals surface area contributed by atoms with Crippen molar-refractivity contribution in [1.82, 2.24) is 0 Å². The van der Waals surface area contributed by atoms with Crippen molar-refractivity contribution in [1.29, 1.82) is 0 Å². The van der Waals surface area contributed by atoms with Gasteiger partial charge in [-0.05, 0) is 61.4 Å². The second kappa shape index (κ2) is 11.4. The minimum Gasteiger partial charge on any atom is -0.490 e. The molecule has 0 radical (unpaired) electrons. The van der Waals surface area contributed by atoms with Crippen molar-refractivity contribution < 1.29 is 22.7 Å². The Labute approximate surface area is 183 Å². The number of hydrogen-bond acceptors (Lipinski definition) is 7. The summed E-state index contributed by atoms with van der Waals surface area (Å²) >= 11 is 0. The topological polar surface area (TPSA) is 94.4 Å². The number of carbonyl (C=O) groups is 1. The average molecular weight is 445 g/mol. The summed E-state index contributed by atoms with van der Waals surface area (Å²) in [5.74, 6) is 0.416. The van der Waals surface area contributed by atoms with E-state index < -0.39 is 15.8 Å². The van der Waals surface area contributed by atoms with E-state index in [9.17, 15) is 13.2 Å². The Morgan fingerprint density at radius 3 is 2.06 bits per heavy atom. The molecule has 0 N–H and O–H groups in total. The monoisotopic (exact) mass is 444 g/mol. The molecule has 0 saturated carbocycles. The minimum atomic E-state index is -3.30. The van der Waals surface area contributed by atoms with Crippen molar-refractivity contribution in [2.45, 2.75) is 32.1 Å². The lowest BCUT2D eigenvalue weighted by Gasteiger charge is -2.09. The van der Waals surface area contributed by atoms with Crippen LogP contribution in [-0.2, 0) is 19.4 Å². The molecular weight excluding hydrogens is 416 g/mol. The fourth-order valence-corrected chi connectivity index (χ4v) is 4.18. The Hall–Kier alpha value is -3.00. The van der Waals surface area contributed by atoms with Gasteiger partial charge in [0, 0.05) is 5.57 Å². The highest BCUT2D eigenvalue weighted by Gasteiger charge is 2.17. The summed E-state index contributed by atoms with van der Waals surface area (Å²) in [6, 6.07) is 13.3. The SMILES string of the molecule is C=C(C)C(=O)OCCOc1ccc(N=Nc2ccc(S(=O)(=O)C[C@H](C)CC)cc2)cc1. The zero-order chi connectivity index (χ0) is 22.9. The van der Waals surface area contributed by atoms with E-state index in [1.165, 1.54) is 0 Å². The lowest BCUT2D eigenvalue weighted by Crippen LogP contribution is -2.13. The second-order valence-corrected chi connectivity index (χ2v) is 9.28. The summed E-state index contributed by atoms with van der Waals surface area (Å²) in [5.41, 5.74) is 1.52. The van der Waals surface area contributed by atoms with Crippen molar-refractivity contribution in [2.24, 2.45) is 16.1 Å². The Bertz CT molecular complexity index is 1010. The third kappa shape index (κ3) is 7.97. The van der Waals surface area contributed by atoms with Crippen LogP contribution in [0.4, 0.5) is 11.4 Å². The number of azo groups is 1. The Balaban J connectivity index is 1.89. The predicted octanol–water partition coefficient (Wildman–Crippen LogP) is 5.42. The number of hydrogen-bond donors (Lipinski definition) is 0. The predicted molar refractivity (Wildman–Crippen MR) is 120 cm³/mol. The van der Waals surface area contributed by atoms with Gasteiger partial charge in [0.2, 0.25) is 0 Å². The van der Waals surface area contributed by atoms with Crippen LogP contribution < -0.4 is 4.74 Å². The molecule has 0 saturated heterocycles. The van der Waals surface area contributed by atoms with Gasteiger partial charge in [-0.25, -0.2) is 13.2 Å². The van der Waals surface area contributed by atoms with Gasteiger partial charge in [0.25, 0.3) is 0 Å². The van der Waals surface area contributed by atoms with Crippen LogP contribution in [0, 0.1) is 5.92 Å². The third-order valence-electron chi connectivity index (χ3n) is 4.45. The zero-order valence-corrected chi connectivity index (χ0v) is 18.9. The quantitative estimate of drug-likeness (QED) is 0.200. The molecule has 2 rings (SSSR count). The van der Waals surface area contributed by atoms with Crippen molar-refractivity contribution >= 4 is 27.2 Å². The van der Waals surface area contributed by atoms with Gasteiger partial charge in [-0.1, -0.05) is 26.8 Å². The first-order chi connectivity index (χ1) is 14.7. The van der Waals surface area contributed by atoms with E-state index in [-0.39, 0.29) is 24.9 Å². The molecule has 7 nitrogen and oxygen atoms in total. The van der Waals surface area contributed by atoms with Crippen molar-refractivity contribution in [3.05, 3.63) is 60.7 Å². The first-order valence-electron chi connectivity index (χ1n) is 10.0. The molecule has 1 atom stereocenters. The third-order valence-corrected chi connectivity index (χ3v) is 6.45. The fraction of sp³-hybridized carbons (Fsp3) is 0.348. The molecule has 0 heterocycles. The van der Waals surface area contributed by atoms with E-state index in [1.807, 2.05) is 13.8 Å². The van der Waals surface area contributed by atoms with Crippen LogP contribution in [0.25, 0.3) is 0 Å². The van der Waals surface area contributed by atoms with E-state index in [1.54, 1.807) is 55.5 Å². The summed E-state index contributed by atoms with van der Waals surface area (Å²) in [6.45, 7) is 9.36. The van der Waals surface area contributed by atoms with Crippen LogP contribution in [-0.4, -0.2) is 33.4 Å². The number of benzene rings is 2. The summed E-state index contributed by atoms with van der Waals surface area (Å²) in [4.78, 5) is 11.6. The number of rotatable bonds is 11. The summed E-state index contributed by atoms with van der Waals surface area (Å²) in [7, 11) is -3.30. The van der Waals surface area contributed by atoms with Crippen LogP contribution in [0.2, 0.25) is 0 Å². The maximum absolute atomic E-state index is 12.4. The maximum Gasteiger partial charge on any atom is 0.333 e. The molecule has 0 aliphatic carbocycles. The molecular formula is C23H28N2O5S. The van der Waals surface area contributed by atoms with Crippen molar-refractivity contribution in [3.63, 3.8) is 0 Å². The van der Waals surface area contributed by atoms with Crippen molar-refractivity contribution in [3.8, 4) is 5.75 Å². The van der Waals surface area contributed by atoms with Gasteiger partial charge < -0.3 is 9.47 Å². The molecule has 2 aromatic carbocycles. The summed E-state index contributed by atoms with van der Waals surface area (Å²) < 4.78 is 35.2. The van der Waals surface area contributed by atoms with E-state index in [2.05, 4.69) is 16.8 Å². The largest absolute Gasteiger partial charge is 0.490 e. The lowest BCUT2D eigenvalue weighted by atomic mass is 10.2. The van der Waals surface area contributed by atoms with Crippen LogP contribution >= 0.6 is 0 Å². The van der Waals surface area contributed by atoms with Gasteiger partial charge in [0.15, 0.2) is 9.84 Å². The lowest BCUT2D eigenvalue weighted by molar-refractivity contribution is -0.139. The zero-order valence-electron chi connectivity index (χ0n) is 18.1. The molecule has 0 unspecified atom stereocenters. The average Bonchev–Trinajstić information content (AvgIpc) is 2.75. The number of carbonyl (C=O) groups excluding carboxylic acids is 1. The highest BCUT2D eigenvalue weighted by Crippen LogP contribution is 2.23. The molecule has 2 aromatic rings. The van der Waals surface area contributed by atoms with E-state index in [0.29, 0.717) is 27.6 Å². The molecule has 0 aliphatic rings. The molecule has 31 heavy (non-hydrogen) atoms. The highest BCUT2D eigenvalue weighted by atomic mass is 32.2. The first-order valence-corrected chi connectivity index (χ1v) is 11.7. The highest BCUT2D eigenvalue weighted by molar-refractivity contribution is 7.91. The number of nitrogens with zero attached hydrogens (tertiary/aromatic N) is 2. The number of sulfone groups is 1. The Morgan fingerprint density at radius 1 is 1.00 bits per heavy atom. The summed E-state index contributed by atoms with van der Waals surface area (Å²) in [6.07, 6.45) is 0.817. The van der Waals surface area contributed by atoms with Crippen molar-refractivity contribution in [2.75, 3.05) is 19.0 Å². The van der Waals surface area contributed by atoms with Gasteiger partial charge in [0.05, 0.1) is 22.0 Å². The van der Waals surface area contributed by atoms with Gasteiger partial charge in [0.1, 0.15) is 19.0 Å². The number of esters is 1. The Kier molecular flexibility index (Phi) is 8.93. The van der Waals surface area contributed by atoms with Crippen LogP contribution in [0.3, 0.4) is 0 Å². The molecule has 0 amide bonds. The van der Waals surface area contributed by atoms with E-state index in [0.717, 1.165) is 6.42 Å². The van der Waals surface area contributed by atoms with Gasteiger partial charge >= 0.3 is 5.97 Å². The Morgan fingerprint density at radius 2 is 1.55 bits per heavy atom. The number of ether oxygens (including phenoxy) is 2. The molecule has 8 heteroatoms. The smallest absolute Gasteiger partial charge is 0.333 e. The van der Waals surface area contributed by atoms with Crippen LogP contribution in [0.5, 0.6) is 5.75 Å². The standard InChI is InChI=1S/C23H28N2O5S/c1-5-18(4)16-31(27,28)22-12-8-20(9-13-22)25-24-19-6-10-21(11-7-19)29-14-15-30-23(26)17(2)3/h6-13,18H,2,5,14-16H2,1,3-4H3/t18-/m1/s1. The second-order valence-electron chi connectivity index (χ2n) is 7.25. The molecule has 0 aromatic heterocycles. The summed E-state index contributed by atoms with van der Waals surface area (Å²) in [5, 5.41) is 8.29. The van der Waals surface area contributed by atoms with E-state index >= 15 is 0 Å². The molecule has 0 aliphatic heterocycles. The fourth-order valence-electron chi connectivity index (χ4n) is 2.45.